The zero-order valence-corrected chi connectivity index (χ0v) is 10.4. The van der Waals surface area contributed by atoms with Crippen molar-refractivity contribution in [1.29, 1.82) is 0 Å². The first kappa shape index (κ1) is 13.4. The Morgan fingerprint density at radius 2 is 1.95 bits per heavy atom. The average molecular weight is 266 g/mol. The summed E-state index contributed by atoms with van der Waals surface area (Å²) in [5, 5.41) is 0. The van der Waals surface area contributed by atoms with Gasteiger partial charge in [0.1, 0.15) is 0 Å². The molecule has 0 aromatic carbocycles. The van der Waals surface area contributed by atoms with Crippen LogP contribution >= 0.6 is 0 Å². The summed E-state index contributed by atoms with van der Waals surface area (Å²) in [6.45, 7) is 2.44. The van der Waals surface area contributed by atoms with E-state index >= 15 is 0 Å². The highest BCUT2D eigenvalue weighted by Crippen LogP contribution is 2.08. The summed E-state index contributed by atoms with van der Waals surface area (Å²) >= 11 is 0. The van der Waals surface area contributed by atoms with Gasteiger partial charge in [0, 0.05) is 32.4 Å². The number of primary amides is 1. The zero-order valence-electron chi connectivity index (χ0n) is 10.4. The van der Waals surface area contributed by atoms with E-state index in [1.165, 1.54) is 12.3 Å². The number of nitrogens with zero attached hydrogens (tertiary/aromatic N) is 3. The van der Waals surface area contributed by atoms with Crippen molar-refractivity contribution in [3.05, 3.63) is 29.8 Å². The molecule has 0 bridgehead atoms. The summed E-state index contributed by atoms with van der Waals surface area (Å²) in [4.78, 5) is 29.9. The van der Waals surface area contributed by atoms with Gasteiger partial charge in [0.2, 0.25) is 11.9 Å². The Labute approximate surface area is 110 Å². The van der Waals surface area contributed by atoms with Crippen molar-refractivity contribution in [2.45, 2.75) is 0 Å². The third kappa shape index (κ3) is 3.47. The first-order valence-electron chi connectivity index (χ1n) is 5.98. The smallest absolute Gasteiger partial charge is 0.255 e. The summed E-state index contributed by atoms with van der Waals surface area (Å²) in [7, 11) is 0. The van der Waals surface area contributed by atoms with Crippen LogP contribution < -0.4 is 5.73 Å². The molecule has 1 saturated heterocycles. The van der Waals surface area contributed by atoms with Crippen molar-refractivity contribution < 1.29 is 14.0 Å². The molecule has 0 unspecified atom stereocenters. The lowest BCUT2D eigenvalue weighted by atomic mass is 10.2. The van der Waals surface area contributed by atoms with E-state index in [1.54, 1.807) is 4.90 Å². The van der Waals surface area contributed by atoms with Crippen LogP contribution in [0, 0.1) is 5.95 Å². The number of halogens is 1. The van der Waals surface area contributed by atoms with Crippen molar-refractivity contribution in [2.75, 3.05) is 32.7 Å². The Morgan fingerprint density at radius 1 is 1.26 bits per heavy atom. The molecule has 2 amide bonds. The normalized spacial score (nSPS) is 16.4. The lowest BCUT2D eigenvalue weighted by molar-refractivity contribution is -0.119. The SMILES string of the molecule is NC(=O)CN1CCN(C(=O)c2ccc(F)nc2)CC1. The number of pyridine rings is 1. The van der Waals surface area contributed by atoms with Gasteiger partial charge in [0.25, 0.3) is 5.91 Å². The number of nitrogens with two attached hydrogens (primary N) is 1. The standard InChI is InChI=1S/C12H15FN4O2/c13-10-2-1-9(7-15-10)12(19)17-5-3-16(4-6-17)8-11(14)18/h1-2,7H,3-6,8H2,(H2,14,18). The molecule has 7 heteroatoms. The average Bonchev–Trinajstić information content (AvgIpc) is 2.39. The Kier molecular flexibility index (Phi) is 4.06. The maximum absolute atomic E-state index is 12.7. The van der Waals surface area contributed by atoms with Gasteiger partial charge in [0.05, 0.1) is 12.1 Å². The summed E-state index contributed by atoms with van der Waals surface area (Å²) in [5.74, 6) is -1.16. The van der Waals surface area contributed by atoms with Crippen LogP contribution in [-0.2, 0) is 4.79 Å². The molecule has 1 aliphatic heterocycles. The summed E-state index contributed by atoms with van der Waals surface area (Å²) in [6, 6.07) is 2.58. The second-order valence-corrected chi connectivity index (χ2v) is 4.40. The van der Waals surface area contributed by atoms with Crippen molar-refractivity contribution in [2.24, 2.45) is 5.73 Å². The molecule has 2 N–H and O–H groups in total. The van der Waals surface area contributed by atoms with Crippen molar-refractivity contribution in [3.8, 4) is 0 Å². The molecule has 0 radical (unpaired) electrons. The van der Waals surface area contributed by atoms with E-state index in [0.29, 0.717) is 31.7 Å². The summed E-state index contributed by atoms with van der Waals surface area (Å²) in [5.41, 5.74) is 5.48. The molecule has 0 spiro atoms. The van der Waals surface area contributed by atoms with Gasteiger partial charge < -0.3 is 10.6 Å². The number of rotatable bonds is 3. The lowest BCUT2D eigenvalue weighted by Gasteiger charge is -2.34. The van der Waals surface area contributed by atoms with Crippen LogP contribution in [0.5, 0.6) is 0 Å². The minimum absolute atomic E-state index is 0.175. The van der Waals surface area contributed by atoms with Crippen molar-refractivity contribution >= 4 is 11.8 Å². The lowest BCUT2D eigenvalue weighted by Crippen LogP contribution is -2.50. The van der Waals surface area contributed by atoms with Crippen molar-refractivity contribution in [3.63, 3.8) is 0 Å². The van der Waals surface area contributed by atoms with Crippen LogP contribution in [0.3, 0.4) is 0 Å². The van der Waals surface area contributed by atoms with Gasteiger partial charge in [-0.3, -0.25) is 14.5 Å². The van der Waals surface area contributed by atoms with Crippen LogP contribution in [0.2, 0.25) is 0 Å². The third-order valence-corrected chi connectivity index (χ3v) is 3.01. The maximum Gasteiger partial charge on any atom is 0.255 e. The minimum atomic E-state index is -0.608. The largest absolute Gasteiger partial charge is 0.369 e. The number of carbonyl (C=O) groups excluding carboxylic acids is 2. The highest BCUT2D eigenvalue weighted by molar-refractivity contribution is 5.94. The highest BCUT2D eigenvalue weighted by atomic mass is 19.1. The number of amides is 2. The predicted molar refractivity (Wildman–Crippen MR) is 65.7 cm³/mol. The zero-order chi connectivity index (χ0) is 13.8. The topological polar surface area (TPSA) is 79.5 Å². The van der Waals surface area contributed by atoms with E-state index in [4.69, 9.17) is 5.73 Å². The van der Waals surface area contributed by atoms with Gasteiger partial charge in [-0.25, -0.2) is 4.98 Å². The second kappa shape index (κ2) is 5.75. The molecule has 2 heterocycles. The van der Waals surface area contributed by atoms with Gasteiger partial charge in [-0.2, -0.15) is 4.39 Å². The molecule has 19 heavy (non-hydrogen) atoms. The van der Waals surface area contributed by atoms with Crippen LogP contribution in [0.15, 0.2) is 18.3 Å². The number of carbonyl (C=O) groups is 2. The minimum Gasteiger partial charge on any atom is -0.369 e. The fourth-order valence-electron chi connectivity index (χ4n) is 2.01. The molecule has 6 nitrogen and oxygen atoms in total. The van der Waals surface area contributed by atoms with E-state index in [0.717, 1.165) is 6.07 Å². The number of hydrogen-bond acceptors (Lipinski definition) is 4. The first-order chi connectivity index (χ1) is 9.06. The molecule has 102 valence electrons. The van der Waals surface area contributed by atoms with Crippen LogP contribution in [0.25, 0.3) is 0 Å². The monoisotopic (exact) mass is 266 g/mol. The van der Waals surface area contributed by atoms with Gasteiger partial charge in [-0.15, -0.1) is 0 Å². The van der Waals surface area contributed by atoms with E-state index in [9.17, 15) is 14.0 Å². The Bertz CT molecular complexity index is 469. The van der Waals surface area contributed by atoms with Gasteiger partial charge >= 0.3 is 0 Å². The number of hydrogen-bond donors (Lipinski definition) is 1. The Morgan fingerprint density at radius 3 is 2.47 bits per heavy atom. The first-order valence-corrected chi connectivity index (χ1v) is 5.98. The molecule has 0 saturated carbocycles. The molecule has 1 fully saturated rings. The summed E-state index contributed by atoms with van der Waals surface area (Å²) in [6.07, 6.45) is 1.23. The highest BCUT2D eigenvalue weighted by Gasteiger charge is 2.22. The molecule has 1 aromatic heterocycles. The maximum atomic E-state index is 12.7. The summed E-state index contributed by atoms with van der Waals surface area (Å²) < 4.78 is 12.7. The third-order valence-electron chi connectivity index (χ3n) is 3.01. The molecule has 0 aliphatic carbocycles. The quantitative estimate of drug-likeness (QED) is 0.745. The predicted octanol–water partition coefficient (Wildman–Crippen LogP) is -0.536. The fourth-order valence-corrected chi connectivity index (χ4v) is 2.01. The number of aromatic nitrogens is 1. The van der Waals surface area contributed by atoms with Crippen LogP contribution in [0.4, 0.5) is 4.39 Å². The van der Waals surface area contributed by atoms with Crippen LogP contribution in [0.1, 0.15) is 10.4 Å². The molecular weight excluding hydrogens is 251 g/mol. The van der Waals surface area contributed by atoms with Crippen LogP contribution in [-0.4, -0.2) is 59.3 Å². The van der Waals surface area contributed by atoms with E-state index in [-0.39, 0.29) is 18.4 Å². The van der Waals surface area contributed by atoms with Gasteiger partial charge in [-0.1, -0.05) is 0 Å². The van der Waals surface area contributed by atoms with E-state index in [2.05, 4.69) is 4.98 Å². The van der Waals surface area contributed by atoms with Gasteiger partial charge in [0.15, 0.2) is 0 Å². The van der Waals surface area contributed by atoms with Crippen molar-refractivity contribution in [1.82, 2.24) is 14.8 Å². The second-order valence-electron chi connectivity index (χ2n) is 4.40. The molecule has 0 atom stereocenters. The molecule has 1 aromatic rings. The van der Waals surface area contributed by atoms with E-state index in [1.807, 2.05) is 4.90 Å². The number of piperazine rings is 1. The van der Waals surface area contributed by atoms with Gasteiger partial charge in [-0.05, 0) is 12.1 Å². The Balaban J connectivity index is 1.92. The Hall–Kier alpha value is -2.02. The fraction of sp³-hybridized carbons (Fsp3) is 0.417. The molecular formula is C12H15FN4O2. The molecule has 1 aliphatic rings. The van der Waals surface area contributed by atoms with E-state index < -0.39 is 5.95 Å². The molecule has 2 rings (SSSR count).